The van der Waals surface area contributed by atoms with Gasteiger partial charge in [-0.15, -0.1) is 0 Å². The van der Waals surface area contributed by atoms with E-state index in [1.165, 1.54) is 0 Å². The number of ether oxygens (including phenoxy) is 2. The number of fused-ring (bicyclic) bond motifs is 2. The molecule has 5 aliphatic carbocycles. The van der Waals surface area contributed by atoms with Crippen molar-refractivity contribution in [1.29, 1.82) is 0 Å². The minimum absolute atomic E-state index is 0.0373. The highest BCUT2D eigenvalue weighted by Crippen LogP contribution is 2.73. The Morgan fingerprint density at radius 2 is 1.96 bits per heavy atom. The molecule has 1 heterocycles. The van der Waals surface area contributed by atoms with Gasteiger partial charge in [-0.1, -0.05) is 19.9 Å². The summed E-state index contributed by atoms with van der Waals surface area (Å²) in [6.45, 7) is 7.20. The van der Waals surface area contributed by atoms with Crippen LogP contribution in [0.5, 0.6) is 0 Å². The van der Waals surface area contributed by atoms with E-state index in [4.69, 9.17) is 9.47 Å². The number of esters is 1. The average Bonchev–Trinajstić information content (AvgIpc) is 2.63. The summed E-state index contributed by atoms with van der Waals surface area (Å²) < 4.78 is 11.3. The lowest BCUT2D eigenvalue weighted by Gasteiger charge is -2.69. The zero-order valence-electron chi connectivity index (χ0n) is 15.3. The van der Waals surface area contributed by atoms with E-state index < -0.39 is 16.9 Å². The van der Waals surface area contributed by atoms with Gasteiger partial charge < -0.3 is 9.47 Å². The van der Waals surface area contributed by atoms with E-state index in [1.54, 1.807) is 0 Å². The highest BCUT2D eigenvalue weighted by atomic mass is 16.5. The second-order valence-corrected chi connectivity index (χ2v) is 9.55. The Hall–Kier alpha value is -1.65. The molecule has 6 fully saturated rings. The molecule has 0 radical (unpaired) electrons. The van der Waals surface area contributed by atoms with Crippen molar-refractivity contribution in [2.75, 3.05) is 6.61 Å². The smallest absolute Gasteiger partial charge is 0.312 e. The maximum Gasteiger partial charge on any atom is 0.312 e. The molecule has 1 aliphatic heterocycles. The molecule has 5 saturated carbocycles. The Kier molecular flexibility index (Phi) is 3.17. The Balaban J connectivity index is 1.72. The summed E-state index contributed by atoms with van der Waals surface area (Å²) in [4.78, 5) is 37.9. The van der Waals surface area contributed by atoms with Crippen LogP contribution in [0.3, 0.4) is 0 Å². The van der Waals surface area contributed by atoms with E-state index in [2.05, 4.69) is 13.5 Å². The molecule has 0 N–H and O–H groups in total. The second kappa shape index (κ2) is 4.99. The molecule has 3 unspecified atom stereocenters. The fourth-order valence-electron chi connectivity index (χ4n) is 7.73. The molecular formula is C21H26O5. The average molecular weight is 358 g/mol. The summed E-state index contributed by atoms with van der Waals surface area (Å²) in [6.07, 6.45) is 5.33. The van der Waals surface area contributed by atoms with Gasteiger partial charge in [0.2, 0.25) is 0 Å². The SMILES string of the molecule is C=C1C(=O)C23CC[C@H]1CC2[C@@]12CCC[C@@](C)(COC1=O)C2C[C@H]3OC=O. The van der Waals surface area contributed by atoms with Crippen molar-refractivity contribution >= 4 is 18.2 Å². The first kappa shape index (κ1) is 16.5. The van der Waals surface area contributed by atoms with Gasteiger partial charge >= 0.3 is 5.97 Å². The van der Waals surface area contributed by atoms with Gasteiger partial charge in [0.1, 0.15) is 6.10 Å². The molecule has 1 spiro atoms. The van der Waals surface area contributed by atoms with Gasteiger partial charge in [-0.2, -0.15) is 0 Å². The Bertz CT molecular complexity index is 728. The van der Waals surface area contributed by atoms with Crippen LogP contribution in [0.4, 0.5) is 0 Å². The first-order valence-corrected chi connectivity index (χ1v) is 9.90. The van der Waals surface area contributed by atoms with Crippen LogP contribution in [-0.2, 0) is 23.9 Å². The van der Waals surface area contributed by atoms with Gasteiger partial charge in [0, 0.05) is 5.41 Å². The highest BCUT2D eigenvalue weighted by Gasteiger charge is 2.76. The third-order valence-electron chi connectivity index (χ3n) is 8.84. The third-order valence-corrected chi connectivity index (χ3v) is 8.84. The molecule has 7 atom stereocenters. The zero-order valence-corrected chi connectivity index (χ0v) is 15.3. The van der Waals surface area contributed by atoms with Crippen molar-refractivity contribution in [2.24, 2.45) is 34.0 Å². The molecule has 5 nitrogen and oxygen atoms in total. The second-order valence-electron chi connectivity index (χ2n) is 9.55. The van der Waals surface area contributed by atoms with Crippen molar-refractivity contribution in [1.82, 2.24) is 0 Å². The van der Waals surface area contributed by atoms with Gasteiger partial charge in [-0.3, -0.25) is 14.4 Å². The molecule has 0 aromatic heterocycles. The summed E-state index contributed by atoms with van der Waals surface area (Å²) in [7, 11) is 0. The molecule has 26 heavy (non-hydrogen) atoms. The lowest BCUT2D eigenvalue weighted by Crippen LogP contribution is -2.73. The fraction of sp³-hybridized carbons (Fsp3) is 0.762. The van der Waals surface area contributed by atoms with Crippen LogP contribution in [-0.4, -0.2) is 30.9 Å². The minimum atomic E-state index is -0.780. The number of Topliss-reactive ketones (excluding diaryl/α,β-unsaturated/α-hetero) is 1. The Morgan fingerprint density at radius 1 is 1.15 bits per heavy atom. The number of ketones is 1. The monoisotopic (exact) mass is 358 g/mol. The van der Waals surface area contributed by atoms with Crippen molar-refractivity contribution in [2.45, 2.75) is 58.0 Å². The molecule has 0 amide bonds. The number of rotatable bonds is 2. The molecule has 0 aromatic rings. The number of cyclic esters (lactones) is 1. The van der Waals surface area contributed by atoms with Gasteiger partial charge in [-0.25, -0.2) is 0 Å². The largest absolute Gasteiger partial charge is 0.465 e. The lowest BCUT2D eigenvalue weighted by atomic mass is 9.35. The summed E-state index contributed by atoms with van der Waals surface area (Å²) in [5.41, 5.74) is -0.791. The van der Waals surface area contributed by atoms with E-state index in [-0.39, 0.29) is 34.9 Å². The number of hydrogen-bond acceptors (Lipinski definition) is 5. The van der Waals surface area contributed by atoms with Gasteiger partial charge in [-0.05, 0) is 61.9 Å². The topological polar surface area (TPSA) is 69.7 Å². The molecule has 1 saturated heterocycles. The minimum Gasteiger partial charge on any atom is -0.465 e. The van der Waals surface area contributed by atoms with E-state index in [0.717, 1.165) is 32.1 Å². The highest BCUT2D eigenvalue weighted by molar-refractivity contribution is 6.03. The zero-order chi connectivity index (χ0) is 18.3. The van der Waals surface area contributed by atoms with Gasteiger partial charge in [0.15, 0.2) is 5.78 Å². The normalized spacial score (nSPS) is 52.0. The summed E-state index contributed by atoms with van der Waals surface area (Å²) in [6, 6.07) is 0. The van der Waals surface area contributed by atoms with Crippen LogP contribution in [0.1, 0.15) is 51.9 Å². The number of allylic oxidation sites excluding steroid dienone is 1. The molecule has 0 aromatic carbocycles. The third kappa shape index (κ3) is 1.62. The quantitative estimate of drug-likeness (QED) is 0.431. The molecule has 4 bridgehead atoms. The summed E-state index contributed by atoms with van der Waals surface area (Å²) >= 11 is 0. The Morgan fingerprint density at radius 3 is 2.73 bits per heavy atom. The molecular weight excluding hydrogens is 332 g/mol. The standard InChI is InChI=1S/C21H26O5/c1-12-13-4-7-21(17(12)23)15(8-13)20-6-3-5-19(2,10-25-18(20)24)14(20)9-16(21)26-11-22/h11,13-16H,1,3-10H2,2H3/t13-,14?,15?,16+,19-,20-,21?/m0/s1. The van der Waals surface area contributed by atoms with Crippen LogP contribution < -0.4 is 0 Å². The van der Waals surface area contributed by atoms with Crippen LogP contribution in [0.25, 0.3) is 0 Å². The summed E-state index contributed by atoms with van der Waals surface area (Å²) in [5, 5.41) is 0. The molecule has 140 valence electrons. The number of carbonyl (C=O) groups excluding carboxylic acids is 3. The van der Waals surface area contributed by atoms with Gasteiger partial charge in [0.05, 0.1) is 17.4 Å². The van der Waals surface area contributed by atoms with Crippen molar-refractivity contribution in [3.05, 3.63) is 12.2 Å². The molecule has 5 heteroatoms. The van der Waals surface area contributed by atoms with Gasteiger partial charge in [0.25, 0.3) is 6.47 Å². The number of hydrogen-bond donors (Lipinski definition) is 0. The lowest BCUT2D eigenvalue weighted by molar-refractivity contribution is -0.256. The molecule has 6 rings (SSSR count). The predicted molar refractivity (Wildman–Crippen MR) is 91.8 cm³/mol. The van der Waals surface area contributed by atoms with Crippen LogP contribution in [0.2, 0.25) is 0 Å². The maximum absolute atomic E-state index is 13.4. The Labute approximate surface area is 153 Å². The van der Waals surface area contributed by atoms with Crippen molar-refractivity contribution in [3.8, 4) is 0 Å². The fourth-order valence-corrected chi connectivity index (χ4v) is 7.73. The van der Waals surface area contributed by atoms with E-state index in [9.17, 15) is 14.4 Å². The predicted octanol–water partition coefficient (Wildman–Crippen LogP) is 2.82. The van der Waals surface area contributed by atoms with E-state index in [0.29, 0.717) is 31.5 Å². The van der Waals surface area contributed by atoms with Crippen LogP contribution in [0.15, 0.2) is 12.2 Å². The maximum atomic E-state index is 13.4. The van der Waals surface area contributed by atoms with Crippen molar-refractivity contribution in [3.63, 3.8) is 0 Å². The van der Waals surface area contributed by atoms with Crippen LogP contribution in [0, 0.1) is 34.0 Å². The summed E-state index contributed by atoms with van der Waals surface area (Å²) in [5.74, 6) is 0.103. The van der Waals surface area contributed by atoms with Crippen molar-refractivity contribution < 1.29 is 23.9 Å². The first-order chi connectivity index (χ1) is 12.4. The first-order valence-electron chi connectivity index (χ1n) is 9.90. The van der Waals surface area contributed by atoms with E-state index >= 15 is 0 Å². The number of carbonyl (C=O) groups is 3. The van der Waals surface area contributed by atoms with Crippen LogP contribution >= 0.6 is 0 Å². The van der Waals surface area contributed by atoms with E-state index in [1.807, 2.05) is 0 Å². The molecule has 6 aliphatic rings.